The van der Waals surface area contributed by atoms with E-state index in [-0.39, 0.29) is 18.0 Å². The summed E-state index contributed by atoms with van der Waals surface area (Å²) in [7, 11) is 0. The number of carbonyl (C=O) groups excluding carboxylic acids is 1. The average Bonchev–Trinajstić information content (AvgIpc) is 3.22. The second-order valence-corrected chi connectivity index (χ2v) is 6.59. The minimum Gasteiger partial charge on any atom is -0.451 e. The van der Waals surface area contributed by atoms with Gasteiger partial charge in [-0.25, -0.2) is 4.98 Å². The molecule has 0 radical (unpaired) electrons. The summed E-state index contributed by atoms with van der Waals surface area (Å²) in [6, 6.07) is 14.6. The minimum absolute atomic E-state index is 0.178. The van der Waals surface area contributed by atoms with E-state index in [2.05, 4.69) is 15.2 Å². The number of fused-ring (bicyclic) bond motifs is 1. The number of aryl methyl sites for hydroxylation is 1. The van der Waals surface area contributed by atoms with Gasteiger partial charge < -0.3 is 9.15 Å². The molecule has 1 unspecified atom stereocenters. The minimum atomic E-state index is -0.751. The highest BCUT2D eigenvalue weighted by Gasteiger charge is 2.20. The van der Waals surface area contributed by atoms with Crippen LogP contribution in [0.2, 0.25) is 0 Å². The number of hydrogen-bond donors (Lipinski definition) is 0. The molecule has 1 atom stereocenters. The number of hydrogen-bond acceptors (Lipinski definition) is 7. The van der Waals surface area contributed by atoms with Crippen LogP contribution in [0.1, 0.15) is 24.5 Å². The Labute approximate surface area is 165 Å². The number of nitrogens with zero attached hydrogens (tertiary/aromatic N) is 4. The molecule has 2 aromatic heterocycles. The second kappa shape index (κ2) is 7.67. The Morgan fingerprint density at radius 1 is 1.14 bits per heavy atom. The SMILES string of the molecule is Cc1cccc2c(=O)n(CC(=O)OC(C)c3nnc(-c4ccccc4)o3)cnc12. The van der Waals surface area contributed by atoms with Gasteiger partial charge in [-0.15, -0.1) is 10.2 Å². The van der Waals surface area contributed by atoms with Crippen molar-refractivity contribution in [2.45, 2.75) is 26.5 Å². The van der Waals surface area contributed by atoms with E-state index in [1.165, 1.54) is 10.9 Å². The summed E-state index contributed by atoms with van der Waals surface area (Å²) in [5, 5.41) is 8.38. The van der Waals surface area contributed by atoms with Crippen LogP contribution in [0.3, 0.4) is 0 Å². The van der Waals surface area contributed by atoms with Crippen molar-refractivity contribution in [2.24, 2.45) is 0 Å². The van der Waals surface area contributed by atoms with Crippen molar-refractivity contribution in [1.82, 2.24) is 19.7 Å². The maximum Gasteiger partial charge on any atom is 0.326 e. The molecule has 0 saturated carbocycles. The van der Waals surface area contributed by atoms with Crippen LogP contribution >= 0.6 is 0 Å². The predicted molar refractivity (Wildman–Crippen MR) is 105 cm³/mol. The highest BCUT2D eigenvalue weighted by molar-refractivity contribution is 5.80. The van der Waals surface area contributed by atoms with E-state index in [0.717, 1.165) is 11.1 Å². The van der Waals surface area contributed by atoms with Gasteiger partial charge in [-0.3, -0.25) is 14.2 Å². The van der Waals surface area contributed by atoms with Gasteiger partial charge in [0.2, 0.25) is 5.89 Å². The molecule has 146 valence electrons. The lowest BCUT2D eigenvalue weighted by Gasteiger charge is -2.11. The summed E-state index contributed by atoms with van der Waals surface area (Å²) < 4.78 is 12.2. The molecule has 29 heavy (non-hydrogen) atoms. The zero-order valence-electron chi connectivity index (χ0n) is 15.9. The number of esters is 1. The van der Waals surface area contributed by atoms with Crippen LogP contribution in [0, 0.1) is 6.92 Å². The first-order chi connectivity index (χ1) is 14.0. The maximum absolute atomic E-state index is 12.6. The van der Waals surface area contributed by atoms with Crippen molar-refractivity contribution in [3.63, 3.8) is 0 Å². The third-order valence-corrected chi connectivity index (χ3v) is 4.47. The highest BCUT2D eigenvalue weighted by atomic mass is 16.6. The summed E-state index contributed by atoms with van der Waals surface area (Å²) in [5.41, 5.74) is 1.99. The quantitative estimate of drug-likeness (QED) is 0.483. The number of benzene rings is 2. The molecule has 4 rings (SSSR count). The summed E-state index contributed by atoms with van der Waals surface area (Å²) in [6.07, 6.45) is 0.600. The third-order valence-electron chi connectivity index (χ3n) is 4.47. The predicted octanol–water partition coefficient (Wildman–Crippen LogP) is 3.06. The Morgan fingerprint density at radius 3 is 2.72 bits per heavy atom. The fraction of sp³-hybridized carbons (Fsp3) is 0.190. The van der Waals surface area contributed by atoms with Gasteiger partial charge >= 0.3 is 5.97 Å². The van der Waals surface area contributed by atoms with Gasteiger partial charge in [0.1, 0.15) is 6.54 Å². The van der Waals surface area contributed by atoms with Gasteiger partial charge in [0.05, 0.1) is 17.2 Å². The number of ether oxygens (including phenoxy) is 1. The molecule has 0 amide bonds. The van der Waals surface area contributed by atoms with Crippen molar-refractivity contribution >= 4 is 16.9 Å². The fourth-order valence-electron chi connectivity index (χ4n) is 2.97. The van der Waals surface area contributed by atoms with Crippen molar-refractivity contribution in [1.29, 1.82) is 0 Å². The van der Waals surface area contributed by atoms with Crippen LogP contribution in [0.15, 0.2) is 64.1 Å². The molecule has 0 saturated heterocycles. The van der Waals surface area contributed by atoms with E-state index in [1.807, 2.05) is 43.3 Å². The molecule has 2 heterocycles. The van der Waals surface area contributed by atoms with E-state index in [1.54, 1.807) is 19.1 Å². The topological polar surface area (TPSA) is 100 Å². The zero-order valence-corrected chi connectivity index (χ0v) is 15.9. The van der Waals surface area contributed by atoms with Gasteiger partial charge in [0, 0.05) is 5.56 Å². The highest BCUT2D eigenvalue weighted by Crippen LogP contribution is 2.22. The van der Waals surface area contributed by atoms with Crippen LogP contribution in [-0.4, -0.2) is 25.7 Å². The molecule has 8 heteroatoms. The van der Waals surface area contributed by atoms with Crippen molar-refractivity contribution < 1.29 is 13.9 Å². The van der Waals surface area contributed by atoms with Crippen molar-refractivity contribution in [3.05, 3.63) is 76.7 Å². The van der Waals surface area contributed by atoms with Crippen LogP contribution in [0.4, 0.5) is 0 Å². The number of rotatable bonds is 5. The summed E-state index contributed by atoms with van der Waals surface area (Å²) >= 11 is 0. The van der Waals surface area contributed by atoms with Crippen molar-refractivity contribution in [2.75, 3.05) is 0 Å². The van der Waals surface area contributed by atoms with Crippen LogP contribution in [-0.2, 0) is 16.1 Å². The lowest BCUT2D eigenvalue weighted by Crippen LogP contribution is -2.26. The second-order valence-electron chi connectivity index (χ2n) is 6.59. The Balaban J connectivity index is 1.48. The lowest BCUT2D eigenvalue weighted by atomic mass is 10.1. The monoisotopic (exact) mass is 390 g/mol. The first kappa shape index (κ1) is 18.5. The standard InChI is InChI=1S/C21H18N4O4/c1-13-7-6-10-16-18(13)22-12-25(21(16)27)11-17(26)28-14(2)19-23-24-20(29-19)15-8-4-3-5-9-15/h3-10,12,14H,11H2,1-2H3. The van der Waals surface area contributed by atoms with Gasteiger partial charge in [-0.1, -0.05) is 30.3 Å². The molecule has 2 aromatic carbocycles. The first-order valence-electron chi connectivity index (χ1n) is 9.06. The van der Waals surface area contributed by atoms with E-state index in [9.17, 15) is 9.59 Å². The maximum atomic E-state index is 12.6. The number of carbonyl (C=O) groups is 1. The summed E-state index contributed by atoms with van der Waals surface area (Å²) in [6.45, 7) is 3.24. The Morgan fingerprint density at radius 2 is 1.93 bits per heavy atom. The summed E-state index contributed by atoms with van der Waals surface area (Å²) in [4.78, 5) is 29.2. The summed E-state index contributed by atoms with van der Waals surface area (Å²) in [5.74, 6) is -0.0847. The van der Waals surface area contributed by atoms with E-state index in [0.29, 0.717) is 16.8 Å². The largest absolute Gasteiger partial charge is 0.451 e. The molecule has 0 aliphatic heterocycles. The molecule has 0 aliphatic carbocycles. The molecule has 0 spiro atoms. The smallest absolute Gasteiger partial charge is 0.326 e. The molecule has 8 nitrogen and oxygen atoms in total. The van der Waals surface area contributed by atoms with Crippen LogP contribution < -0.4 is 5.56 Å². The lowest BCUT2D eigenvalue weighted by molar-refractivity contribution is -0.150. The van der Waals surface area contributed by atoms with Gasteiger partial charge in [0.15, 0.2) is 6.10 Å². The molecular formula is C21H18N4O4. The van der Waals surface area contributed by atoms with E-state index >= 15 is 0 Å². The fourth-order valence-corrected chi connectivity index (χ4v) is 2.97. The van der Waals surface area contributed by atoms with E-state index < -0.39 is 12.1 Å². The molecule has 4 aromatic rings. The Kier molecular flexibility index (Phi) is 4.90. The van der Waals surface area contributed by atoms with Gasteiger partial charge in [-0.05, 0) is 37.6 Å². The molecule has 0 N–H and O–H groups in total. The molecule has 0 aliphatic rings. The van der Waals surface area contributed by atoms with Crippen molar-refractivity contribution in [3.8, 4) is 11.5 Å². The number of aromatic nitrogens is 4. The Bertz CT molecular complexity index is 1230. The average molecular weight is 390 g/mol. The molecule has 0 bridgehead atoms. The van der Waals surface area contributed by atoms with Crippen LogP contribution in [0.5, 0.6) is 0 Å². The zero-order chi connectivity index (χ0) is 20.4. The van der Waals surface area contributed by atoms with E-state index in [4.69, 9.17) is 9.15 Å². The third kappa shape index (κ3) is 3.77. The van der Waals surface area contributed by atoms with Gasteiger partial charge in [-0.2, -0.15) is 0 Å². The normalized spacial score (nSPS) is 12.1. The molecular weight excluding hydrogens is 372 g/mol. The number of para-hydroxylation sites is 1. The Hall–Kier alpha value is -3.81. The van der Waals surface area contributed by atoms with Gasteiger partial charge in [0.25, 0.3) is 11.4 Å². The van der Waals surface area contributed by atoms with Crippen LogP contribution in [0.25, 0.3) is 22.4 Å². The molecule has 0 fully saturated rings. The first-order valence-corrected chi connectivity index (χ1v) is 9.06.